The normalized spacial score (nSPS) is 12.6. The summed E-state index contributed by atoms with van der Waals surface area (Å²) in [4.78, 5) is 0. The third kappa shape index (κ3) is 5.19. The lowest BCUT2D eigenvalue weighted by Gasteiger charge is -2.28. The molecule has 2 N–H and O–H groups in total. The molecule has 0 saturated heterocycles. The van der Waals surface area contributed by atoms with Crippen LogP contribution in [0.4, 0.5) is 0 Å². The van der Waals surface area contributed by atoms with Gasteiger partial charge in [0.2, 0.25) is 0 Å². The second-order valence-electron chi connectivity index (χ2n) is 7.20. The first kappa shape index (κ1) is 19.2. The van der Waals surface area contributed by atoms with Gasteiger partial charge in [0.1, 0.15) is 18.5 Å². The van der Waals surface area contributed by atoms with Gasteiger partial charge in [0.15, 0.2) is 0 Å². The molecule has 0 fully saturated rings. The number of hydrogen-bond donors (Lipinski definition) is 2. The molecule has 3 aromatic carbocycles. The molecule has 0 unspecified atom stereocenters. The van der Waals surface area contributed by atoms with Crippen LogP contribution in [0.3, 0.4) is 0 Å². The van der Waals surface area contributed by atoms with Crippen LogP contribution in [0.2, 0.25) is 0 Å². The van der Waals surface area contributed by atoms with Crippen LogP contribution in [0, 0.1) is 0 Å². The minimum Gasteiger partial charge on any atom is -0.490 e. The van der Waals surface area contributed by atoms with Gasteiger partial charge in [-0.3, -0.25) is 0 Å². The van der Waals surface area contributed by atoms with Crippen molar-refractivity contribution in [1.82, 2.24) is 5.32 Å². The quantitative estimate of drug-likeness (QED) is 0.615. The average Bonchev–Trinajstić information content (AvgIpc) is 2.72. The van der Waals surface area contributed by atoms with Crippen molar-refractivity contribution in [3.8, 4) is 16.9 Å². The largest absolute Gasteiger partial charge is 0.490 e. The Morgan fingerprint density at radius 2 is 1.44 bits per heavy atom. The van der Waals surface area contributed by atoms with Crippen LogP contribution in [-0.2, 0) is 5.54 Å². The summed E-state index contributed by atoms with van der Waals surface area (Å²) in [7, 11) is 0. The first-order chi connectivity index (χ1) is 13.1. The molecule has 3 aromatic rings. The highest BCUT2D eigenvalue weighted by Gasteiger charge is 2.21. The molecule has 0 spiro atoms. The maximum atomic E-state index is 10.4. The summed E-state index contributed by atoms with van der Waals surface area (Å²) in [6.45, 7) is 4.92. The predicted octanol–water partition coefficient (Wildman–Crippen LogP) is 4.62. The van der Waals surface area contributed by atoms with Gasteiger partial charge >= 0.3 is 0 Å². The molecule has 0 aliphatic heterocycles. The van der Waals surface area contributed by atoms with E-state index in [1.54, 1.807) is 0 Å². The molecule has 0 aromatic heterocycles. The molecule has 0 radical (unpaired) electrons. The first-order valence-electron chi connectivity index (χ1n) is 9.32. The molecule has 0 aliphatic carbocycles. The summed E-state index contributed by atoms with van der Waals surface area (Å²) >= 11 is 0. The Hall–Kier alpha value is -2.62. The van der Waals surface area contributed by atoms with Gasteiger partial charge in [-0.2, -0.15) is 0 Å². The van der Waals surface area contributed by atoms with Crippen LogP contribution in [0.25, 0.3) is 11.1 Å². The van der Waals surface area contributed by atoms with Gasteiger partial charge in [0.05, 0.1) is 0 Å². The summed E-state index contributed by atoms with van der Waals surface area (Å²) in [6.07, 6.45) is -0.600. The highest BCUT2D eigenvalue weighted by atomic mass is 16.5. The summed E-state index contributed by atoms with van der Waals surface area (Å²) < 4.78 is 5.93. The molecule has 0 amide bonds. The fourth-order valence-electron chi connectivity index (χ4n) is 3.02. The van der Waals surface area contributed by atoms with Crippen LogP contribution in [-0.4, -0.2) is 24.4 Å². The molecule has 0 heterocycles. The van der Waals surface area contributed by atoms with Crippen LogP contribution in [0.15, 0.2) is 84.9 Å². The number of rotatable bonds is 8. The fourth-order valence-corrected chi connectivity index (χ4v) is 3.02. The molecule has 3 heteroatoms. The van der Waals surface area contributed by atoms with E-state index in [1.807, 2.05) is 60.7 Å². The Bertz CT molecular complexity index is 831. The van der Waals surface area contributed by atoms with Crippen LogP contribution < -0.4 is 10.1 Å². The molecule has 1 atom stereocenters. The van der Waals surface area contributed by atoms with E-state index in [2.05, 4.69) is 43.4 Å². The van der Waals surface area contributed by atoms with Gasteiger partial charge < -0.3 is 15.2 Å². The van der Waals surface area contributed by atoms with Crippen molar-refractivity contribution in [3.63, 3.8) is 0 Å². The van der Waals surface area contributed by atoms with E-state index in [0.717, 1.165) is 16.9 Å². The van der Waals surface area contributed by atoms with Gasteiger partial charge in [0, 0.05) is 17.6 Å². The van der Waals surface area contributed by atoms with Crippen LogP contribution in [0.1, 0.15) is 19.4 Å². The second kappa shape index (κ2) is 8.85. The van der Waals surface area contributed by atoms with Gasteiger partial charge in [-0.1, -0.05) is 78.9 Å². The lowest BCUT2D eigenvalue weighted by molar-refractivity contribution is 0.0990. The van der Waals surface area contributed by atoms with E-state index in [1.165, 1.54) is 5.56 Å². The smallest absolute Gasteiger partial charge is 0.127 e. The van der Waals surface area contributed by atoms with Crippen molar-refractivity contribution in [2.24, 2.45) is 0 Å². The van der Waals surface area contributed by atoms with Crippen LogP contribution >= 0.6 is 0 Å². The Balaban J connectivity index is 1.58. The lowest BCUT2D eigenvalue weighted by atomic mass is 9.94. The molecular weight excluding hydrogens is 334 g/mol. The highest BCUT2D eigenvalue weighted by molar-refractivity contribution is 5.70. The third-order valence-electron chi connectivity index (χ3n) is 4.68. The fraction of sp³-hybridized carbons (Fsp3) is 0.250. The zero-order valence-corrected chi connectivity index (χ0v) is 15.9. The number of nitrogens with one attached hydrogen (secondary N) is 1. The van der Waals surface area contributed by atoms with Gasteiger partial charge in [0.25, 0.3) is 0 Å². The molecule has 0 saturated carbocycles. The van der Waals surface area contributed by atoms with Crippen molar-refractivity contribution >= 4 is 0 Å². The number of ether oxygens (including phenoxy) is 1. The molecule has 0 bridgehead atoms. The number of benzene rings is 3. The molecule has 3 nitrogen and oxygen atoms in total. The van der Waals surface area contributed by atoms with Crippen molar-refractivity contribution in [2.75, 3.05) is 13.2 Å². The maximum absolute atomic E-state index is 10.4. The van der Waals surface area contributed by atoms with Gasteiger partial charge in [-0.15, -0.1) is 0 Å². The molecule has 27 heavy (non-hydrogen) atoms. The van der Waals surface area contributed by atoms with E-state index in [9.17, 15) is 5.11 Å². The van der Waals surface area contributed by atoms with Crippen molar-refractivity contribution in [3.05, 3.63) is 90.5 Å². The van der Waals surface area contributed by atoms with E-state index < -0.39 is 6.10 Å². The second-order valence-corrected chi connectivity index (χ2v) is 7.20. The number of aliphatic hydroxyl groups is 1. The zero-order valence-electron chi connectivity index (χ0n) is 15.9. The van der Waals surface area contributed by atoms with E-state index in [0.29, 0.717) is 6.54 Å². The topological polar surface area (TPSA) is 41.5 Å². The third-order valence-corrected chi connectivity index (χ3v) is 4.68. The molecular formula is C24H27NO2. The Kier molecular flexibility index (Phi) is 6.28. The van der Waals surface area contributed by atoms with Crippen molar-refractivity contribution < 1.29 is 9.84 Å². The highest BCUT2D eigenvalue weighted by Crippen LogP contribution is 2.29. The van der Waals surface area contributed by atoms with E-state index in [4.69, 9.17) is 4.74 Å². The van der Waals surface area contributed by atoms with E-state index in [-0.39, 0.29) is 12.1 Å². The monoisotopic (exact) mass is 361 g/mol. The number of hydrogen-bond acceptors (Lipinski definition) is 3. The summed E-state index contributed by atoms with van der Waals surface area (Å²) in [5, 5.41) is 13.8. The lowest BCUT2D eigenvalue weighted by Crippen LogP contribution is -2.42. The summed E-state index contributed by atoms with van der Waals surface area (Å²) in [5.74, 6) is 0.782. The molecule has 0 aliphatic rings. The van der Waals surface area contributed by atoms with Gasteiger partial charge in [-0.25, -0.2) is 0 Å². The average molecular weight is 361 g/mol. The van der Waals surface area contributed by atoms with E-state index >= 15 is 0 Å². The first-order valence-corrected chi connectivity index (χ1v) is 9.32. The summed E-state index contributed by atoms with van der Waals surface area (Å²) in [5.41, 5.74) is 3.10. The Morgan fingerprint density at radius 3 is 2.15 bits per heavy atom. The summed E-state index contributed by atoms with van der Waals surface area (Å²) in [6, 6.07) is 28.3. The minimum absolute atomic E-state index is 0.218. The number of para-hydroxylation sites is 1. The Morgan fingerprint density at radius 1 is 0.852 bits per heavy atom. The minimum atomic E-state index is -0.600. The molecule has 3 rings (SSSR count). The Labute approximate surface area is 161 Å². The maximum Gasteiger partial charge on any atom is 0.127 e. The van der Waals surface area contributed by atoms with Gasteiger partial charge in [-0.05, 0) is 31.0 Å². The predicted molar refractivity (Wildman–Crippen MR) is 111 cm³/mol. The van der Waals surface area contributed by atoms with Crippen molar-refractivity contribution in [1.29, 1.82) is 0 Å². The SMILES string of the molecule is CC(C)(NC[C@H](O)COc1ccccc1-c1ccccc1)c1ccccc1. The number of aliphatic hydroxyl groups excluding tert-OH is 1. The van der Waals surface area contributed by atoms with Crippen LogP contribution in [0.5, 0.6) is 5.75 Å². The molecule has 140 valence electrons. The van der Waals surface area contributed by atoms with Crippen molar-refractivity contribution in [2.45, 2.75) is 25.5 Å². The standard InChI is InChI=1S/C24H27NO2/c1-24(2,20-13-7-4-8-14-20)25-17-21(26)18-27-23-16-10-9-15-22(23)19-11-5-3-6-12-19/h3-16,21,25-26H,17-18H2,1-2H3/t21-/m0/s1. The zero-order chi connectivity index (χ0) is 19.1.